The summed E-state index contributed by atoms with van der Waals surface area (Å²) >= 11 is 0. The smallest absolute Gasteiger partial charge is 0.144 e. The minimum atomic E-state index is 0.525. The fourth-order valence-electron chi connectivity index (χ4n) is 1.82. The van der Waals surface area contributed by atoms with Crippen LogP contribution in [0.4, 0.5) is 5.82 Å². The molecule has 0 aliphatic rings. The Morgan fingerprint density at radius 1 is 1.35 bits per heavy atom. The van der Waals surface area contributed by atoms with Gasteiger partial charge < -0.3 is 5.32 Å². The van der Waals surface area contributed by atoms with Crippen molar-refractivity contribution >= 4 is 5.82 Å². The molecule has 0 radical (unpaired) electrons. The van der Waals surface area contributed by atoms with E-state index >= 15 is 0 Å². The quantitative estimate of drug-likeness (QED) is 0.823. The first kappa shape index (κ1) is 13.9. The molecule has 0 bridgehead atoms. The van der Waals surface area contributed by atoms with Crippen LogP contribution in [0.3, 0.4) is 0 Å². The summed E-state index contributed by atoms with van der Waals surface area (Å²) in [5, 5.41) is 3.07. The normalized spacial score (nSPS) is 11.2. The monoisotopic (exact) mass is 236 g/mol. The highest BCUT2D eigenvalue weighted by molar-refractivity contribution is 5.34. The number of hydrogen-bond donors (Lipinski definition) is 1. The van der Waals surface area contributed by atoms with Crippen molar-refractivity contribution in [2.24, 2.45) is 0 Å². The zero-order valence-corrected chi connectivity index (χ0v) is 11.6. The van der Waals surface area contributed by atoms with Gasteiger partial charge in [-0.05, 0) is 33.7 Å². The predicted molar refractivity (Wildman–Crippen MR) is 72.2 cm³/mol. The minimum absolute atomic E-state index is 0.525. The second-order valence-electron chi connectivity index (χ2n) is 4.63. The minimum Gasteiger partial charge on any atom is -0.373 e. The summed E-state index contributed by atoms with van der Waals surface area (Å²) in [6.07, 6.45) is 1.16. The van der Waals surface area contributed by atoms with Gasteiger partial charge in [0, 0.05) is 24.8 Å². The number of hydrogen-bond acceptors (Lipinski definition) is 4. The van der Waals surface area contributed by atoms with Gasteiger partial charge in [-0.2, -0.15) is 0 Å². The molecule has 0 saturated heterocycles. The largest absolute Gasteiger partial charge is 0.373 e. The maximum Gasteiger partial charge on any atom is 0.144 e. The molecule has 1 N–H and O–H groups in total. The van der Waals surface area contributed by atoms with E-state index in [0.717, 1.165) is 36.8 Å². The SMILES string of the molecule is CCCN(Cc1nc(C)cc(NC)n1)C(C)C. The average molecular weight is 236 g/mol. The molecular formula is C13H24N4. The summed E-state index contributed by atoms with van der Waals surface area (Å²) < 4.78 is 0. The summed E-state index contributed by atoms with van der Waals surface area (Å²) in [4.78, 5) is 11.4. The third-order valence-electron chi connectivity index (χ3n) is 2.74. The van der Waals surface area contributed by atoms with Gasteiger partial charge >= 0.3 is 0 Å². The van der Waals surface area contributed by atoms with Crippen LogP contribution < -0.4 is 5.32 Å². The Kier molecular flexibility index (Phi) is 5.35. The van der Waals surface area contributed by atoms with E-state index in [1.165, 1.54) is 0 Å². The van der Waals surface area contributed by atoms with Gasteiger partial charge in [0.05, 0.1) is 6.54 Å². The topological polar surface area (TPSA) is 41.1 Å². The molecule has 17 heavy (non-hydrogen) atoms. The van der Waals surface area contributed by atoms with Crippen molar-refractivity contribution in [2.45, 2.75) is 46.7 Å². The molecule has 0 aliphatic carbocycles. The zero-order valence-electron chi connectivity index (χ0n) is 11.6. The lowest BCUT2D eigenvalue weighted by atomic mass is 10.3. The van der Waals surface area contributed by atoms with Crippen LogP contribution in [0.15, 0.2) is 6.07 Å². The molecule has 0 spiro atoms. The Morgan fingerprint density at radius 3 is 2.59 bits per heavy atom. The third-order valence-corrected chi connectivity index (χ3v) is 2.74. The highest BCUT2D eigenvalue weighted by Gasteiger charge is 2.11. The van der Waals surface area contributed by atoms with Crippen molar-refractivity contribution < 1.29 is 0 Å². The van der Waals surface area contributed by atoms with Gasteiger partial charge in [0.2, 0.25) is 0 Å². The maximum absolute atomic E-state index is 4.49. The Morgan fingerprint density at radius 2 is 2.06 bits per heavy atom. The number of nitrogens with one attached hydrogen (secondary N) is 1. The molecule has 96 valence electrons. The first-order valence-electron chi connectivity index (χ1n) is 6.33. The second kappa shape index (κ2) is 6.55. The van der Waals surface area contributed by atoms with Crippen LogP contribution in [-0.2, 0) is 6.54 Å². The lowest BCUT2D eigenvalue weighted by Crippen LogP contribution is -2.31. The molecule has 1 heterocycles. The molecule has 1 rings (SSSR count). The van der Waals surface area contributed by atoms with Crippen molar-refractivity contribution in [3.63, 3.8) is 0 Å². The van der Waals surface area contributed by atoms with E-state index in [1.807, 2.05) is 20.0 Å². The molecular weight excluding hydrogens is 212 g/mol. The van der Waals surface area contributed by atoms with Crippen LogP contribution >= 0.6 is 0 Å². The molecule has 1 aromatic rings. The van der Waals surface area contributed by atoms with Crippen LogP contribution in [0.5, 0.6) is 0 Å². The fraction of sp³-hybridized carbons (Fsp3) is 0.692. The lowest BCUT2D eigenvalue weighted by molar-refractivity contribution is 0.208. The van der Waals surface area contributed by atoms with Gasteiger partial charge in [0.15, 0.2) is 0 Å². The first-order chi connectivity index (χ1) is 8.06. The fourth-order valence-corrected chi connectivity index (χ4v) is 1.82. The van der Waals surface area contributed by atoms with Crippen LogP contribution in [0, 0.1) is 6.92 Å². The average Bonchev–Trinajstić information content (AvgIpc) is 2.27. The number of anilines is 1. The predicted octanol–water partition coefficient (Wildman–Crippen LogP) is 2.45. The van der Waals surface area contributed by atoms with E-state index < -0.39 is 0 Å². The number of nitrogens with zero attached hydrogens (tertiary/aromatic N) is 3. The van der Waals surface area contributed by atoms with Gasteiger partial charge in [0.25, 0.3) is 0 Å². The van der Waals surface area contributed by atoms with Crippen molar-refractivity contribution in [3.05, 3.63) is 17.6 Å². The Hall–Kier alpha value is -1.16. The Bertz CT molecular complexity index is 349. The summed E-state index contributed by atoms with van der Waals surface area (Å²) in [6, 6.07) is 2.49. The van der Waals surface area contributed by atoms with E-state index in [2.05, 4.69) is 41.0 Å². The molecule has 0 aliphatic heterocycles. The lowest BCUT2D eigenvalue weighted by Gasteiger charge is -2.25. The molecule has 1 aromatic heterocycles. The van der Waals surface area contributed by atoms with Crippen molar-refractivity contribution in [1.82, 2.24) is 14.9 Å². The zero-order chi connectivity index (χ0) is 12.8. The Labute approximate surface area is 104 Å². The molecule has 0 saturated carbocycles. The van der Waals surface area contributed by atoms with Crippen molar-refractivity contribution in [2.75, 3.05) is 18.9 Å². The molecule has 0 amide bonds. The van der Waals surface area contributed by atoms with Crippen LogP contribution in [0.25, 0.3) is 0 Å². The van der Waals surface area contributed by atoms with Gasteiger partial charge in [-0.1, -0.05) is 6.92 Å². The molecule has 0 unspecified atom stereocenters. The maximum atomic E-state index is 4.49. The van der Waals surface area contributed by atoms with Gasteiger partial charge in [-0.15, -0.1) is 0 Å². The van der Waals surface area contributed by atoms with Gasteiger partial charge in [-0.25, -0.2) is 9.97 Å². The van der Waals surface area contributed by atoms with Gasteiger partial charge in [0.1, 0.15) is 11.6 Å². The van der Waals surface area contributed by atoms with E-state index in [4.69, 9.17) is 0 Å². The van der Waals surface area contributed by atoms with Crippen LogP contribution in [0.1, 0.15) is 38.7 Å². The van der Waals surface area contributed by atoms with Crippen molar-refractivity contribution in [1.29, 1.82) is 0 Å². The summed E-state index contributed by atoms with van der Waals surface area (Å²) in [5.41, 5.74) is 1.01. The molecule has 0 aromatic carbocycles. The van der Waals surface area contributed by atoms with Crippen LogP contribution in [0.2, 0.25) is 0 Å². The van der Waals surface area contributed by atoms with E-state index in [-0.39, 0.29) is 0 Å². The molecule has 4 heteroatoms. The number of aromatic nitrogens is 2. The summed E-state index contributed by atoms with van der Waals surface area (Å²) in [6.45, 7) is 10.5. The van der Waals surface area contributed by atoms with E-state index in [0.29, 0.717) is 6.04 Å². The molecule has 0 atom stereocenters. The highest BCUT2D eigenvalue weighted by atomic mass is 15.2. The van der Waals surface area contributed by atoms with Gasteiger partial charge in [-0.3, -0.25) is 4.90 Å². The number of aryl methyl sites for hydroxylation is 1. The standard InChI is InChI=1S/C13H24N4/c1-6-7-17(10(2)3)9-13-15-11(4)8-12(14-5)16-13/h8,10H,6-7,9H2,1-5H3,(H,14,15,16). The first-order valence-corrected chi connectivity index (χ1v) is 6.33. The van der Waals surface area contributed by atoms with Crippen LogP contribution in [-0.4, -0.2) is 34.5 Å². The third kappa shape index (κ3) is 4.30. The number of rotatable bonds is 6. The van der Waals surface area contributed by atoms with E-state index in [9.17, 15) is 0 Å². The Balaban J connectivity index is 2.81. The second-order valence-corrected chi connectivity index (χ2v) is 4.63. The van der Waals surface area contributed by atoms with E-state index in [1.54, 1.807) is 0 Å². The summed E-state index contributed by atoms with van der Waals surface area (Å²) in [7, 11) is 1.89. The highest BCUT2D eigenvalue weighted by Crippen LogP contribution is 2.09. The molecule has 0 fully saturated rings. The van der Waals surface area contributed by atoms with Crippen molar-refractivity contribution in [3.8, 4) is 0 Å². The summed E-state index contributed by atoms with van der Waals surface area (Å²) in [5.74, 6) is 1.80. The molecule has 4 nitrogen and oxygen atoms in total.